The summed E-state index contributed by atoms with van der Waals surface area (Å²) in [5.74, 6) is 1.29. The van der Waals surface area contributed by atoms with Gasteiger partial charge in [0.05, 0.1) is 11.3 Å². The number of thioether (sulfide) groups is 1. The summed E-state index contributed by atoms with van der Waals surface area (Å²) in [5, 5.41) is 10.3. The second kappa shape index (κ2) is 9.36. The number of nitrogens with one attached hydrogen (secondary N) is 2. The van der Waals surface area contributed by atoms with Crippen LogP contribution in [-0.2, 0) is 4.79 Å². The van der Waals surface area contributed by atoms with E-state index in [1.165, 1.54) is 6.92 Å². The van der Waals surface area contributed by atoms with E-state index in [4.69, 9.17) is 4.52 Å². The fraction of sp³-hybridized carbons (Fsp3) is 0.471. The summed E-state index contributed by atoms with van der Waals surface area (Å²) in [5.41, 5.74) is 0.789. The summed E-state index contributed by atoms with van der Waals surface area (Å²) < 4.78 is 5.48. The van der Waals surface area contributed by atoms with Crippen LogP contribution in [0, 0.1) is 0 Å². The summed E-state index contributed by atoms with van der Waals surface area (Å²) in [6.07, 6.45) is 0. The number of rotatable bonds is 5. The molecule has 1 fully saturated rings. The molecule has 1 saturated heterocycles. The molecule has 2 heterocycles. The van der Waals surface area contributed by atoms with E-state index in [-0.39, 0.29) is 29.6 Å². The van der Waals surface area contributed by atoms with Gasteiger partial charge in [0.15, 0.2) is 5.82 Å². The highest BCUT2D eigenvalue weighted by atomic mass is 35.5. The first-order chi connectivity index (χ1) is 12.0. The summed E-state index contributed by atoms with van der Waals surface area (Å²) in [6.45, 7) is 6.34. The van der Waals surface area contributed by atoms with Gasteiger partial charge < -0.3 is 15.2 Å². The van der Waals surface area contributed by atoms with Crippen molar-refractivity contribution < 1.29 is 9.32 Å². The molecule has 0 saturated carbocycles. The highest BCUT2D eigenvalue weighted by Crippen LogP contribution is 2.35. The average molecular weight is 398 g/mol. The van der Waals surface area contributed by atoms with Crippen molar-refractivity contribution in [3.05, 3.63) is 36.0 Å². The zero-order valence-corrected chi connectivity index (χ0v) is 16.7. The Bertz CT molecular complexity index is 724. The van der Waals surface area contributed by atoms with Gasteiger partial charge in [-0.2, -0.15) is 4.98 Å². The molecule has 0 spiro atoms. The molecule has 2 unspecified atom stereocenters. The van der Waals surface area contributed by atoms with Gasteiger partial charge in [-0.15, -0.1) is 24.2 Å². The third-order valence-corrected chi connectivity index (χ3v) is 5.20. The van der Waals surface area contributed by atoms with E-state index in [1.807, 2.05) is 31.2 Å². The second-order valence-electron chi connectivity index (χ2n) is 6.16. The van der Waals surface area contributed by atoms with Crippen molar-refractivity contribution in [2.24, 2.45) is 0 Å². The lowest BCUT2D eigenvalue weighted by atomic mass is 10.2. The van der Waals surface area contributed by atoms with Crippen LogP contribution >= 0.6 is 24.2 Å². The number of piperazine rings is 1. The van der Waals surface area contributed by atoms with Gasteiger partial charge in [0, 0.05) is 37.1 Å². The number of hydrogen-bond donors (Lipinski definition) is 2. The molecular formula is C17H24ClN5O2S. The minimum atomic E-state index is -0.0747. The number of aromatic nitrogens is 2. The minimum Gasteiger partial charge on any atom is -0.338 e. The quantitative estimate of drug-likeness (QED) is 0.750. The third-order valence-electron chi connectivity index (χ3n) is 4.10. The maximum Gasteiger partial charge on any atom is 0.239 e. The fourth-order valence-corrected chi connectivity index (χ4v) is 3.61. The van der Waals surface area contributed by atoms with Crippen LogP contribution in [0.5, 0.6) is 0 Å². The van der Waals surface area contributed by atoms with Crippen LogP contribution in [0.4, 0.5) is 5.69 Å². The number of carbonyl (C=O) groups is 1. The van der Waals surface area contributed by atoms with Gasteiger partial charge in [-0.1, -0.05) is 5.16 Å². The highest BCUT2D eigenvalue weighted by molar-refractivity contribution is 7.99. The lowest BCUT2D eigenvalue weighted by Crippen LogP contribution is -2.44. The normalized spacial score (nSPS) is 18.8. The van der Waals surface area contributed by atoms with E-state index in [0.29, 0.717) is 5.89 Å². The minimum absolute atomic E-state index is 0. The van der Waals surface area contributed by atoms with E-state index in [9.17, 15) is 4.79 Å². The van der Waals surface area contributed by atoms with E-state index in [0.717, 1.165) is 36.0 Å². The molecule has 0 aliphatic carbocycles. The third kappa shape index (κ3) is 5.20. The zero-order chi connectivity index (χ0) is 17.8. The van der Waals surface area contributed by atoms with Crippen molar-refractivity contribution in [2.75, 3.05) is 32.0 Å². The number of carbonyl (C=O) groups excluding carboxylic acids is 1. The van der Waals surface area contributed by atoms with Crippen LogP contribution in [0.15, 0.2) is 33.7 Å². The number of halogens is 1. The smallest absolute Gasteiger partial charge is 0.239 e. The maximum atomic E-state index is 11.1. The topological polar surface area (TPSA) is 83.3 Å². The van der Waals surface area contributed by atoms with Gasteiger partial charge in [-0.05, 0) is 38.2 Å². The van der Waals surface area contributed by atoms with Crippen LogP contribution in [0.3, 0.4) is 0 Å². The van der Waals surface area contributed by atoms with Crippen LogP contribution < -0.4 is 10.6 Å². The first-order valence-electron chi connectivity index (χ1n) is 8.31. The highest BCUT2D eigenvalue weighted by Gasteiger charge is 2.26. The molecule has 1 aromatic carbocycles. The summed E-state index contributed by atoms with van der Waals surface area (Å²) >= 11 is 1.65. The largest absolute Gasteiger partial charge is 0.338 e. The molecule has 2 N–H and O–H groups in total. The summed E-state index contributed by atoms with van der Waals surface area (Å²) in [4.78, 5) is 19.0. The average Bonchev–Trinajstić information content (AvgIpc) is 3.06. The van der Waals surface area contributed by atoms with Crippen LogP contribution in [0.1, 0.15) is 36.9 Å². The first kappa shape index (κ1) is 20.7. The molecule has 3 rings (SSSR count). The van der Waals surface area contributed by atoms with E-state index < -0.39 is 0 Å². The van der Waals surface area contributed by atoms with Crippen LogP contribution in [0.2, 0.25) is 0 Å². The molecule has 2 atom stereocenters. The van der Waals surface area contributed by atoms with Crippen molar-refractivity contribution in [3.8, 4) is 0 Å². The Morgan fingerprint density at radius 2 is 2.15 bits per heavy atom. The molecule has 2 aromatic rings. The van der Waals surface area contributed by atoms with Crippen molar-refractivity contribution in [1.29, 1.82) is 0 Å². The Kier molecular flexibility index (Phi) is 7.45. The second-order valence-corrected chi connectivity index (χ2v) is 7.57. The number of likely N-dealkylation sites (N-methyl/N-ethyl adjacent to an activating group) is 1. The molecule has 0 radical (unpaired) electrons. The van der Waals surface area contributed by atoms with Crippen molar-refractivity contribution in [1.82, 2.24) is 20.4 Å². The van der Waals surface area contributed by atoms with Crippen molar-refractivity contribution in [3.63, 3.8) is 0 Å². The molecule has 9 heteroatoms. The van der Waals surface area contributed by atoms with Gasteiger partial charge in [-0.25, -0.2) is 0 Å². The Morgan fingerprint density at radius 1 is 1.42 bits per heavy atom. The molecule has 0 bridgehead atoms. The monoisotopic (exact) mass is 397 g/mol. The van der Waals surface area contributed by atoms with Crippen molar-refractivity contribution >= 4 is 35.8 Å². The van der Waals surface area contributed by atoms with Crippen molar-refractivity contribution in [2.45, 2.75) is 30.0 Å². The van der Waals surface area contributed by atoms with Crippen LogP contribution in [0.25, 0.3) is 0 Å². The van der Waals surface area contributed by atoms with Gasteiger partial charge in [0.1, 0.15) is 0 Å². The molecule has 1 aliphatic heterocycles. The van der Waals surface area contributed by atoms with E-state index >= 15 is 0 Å². The summed E-state index contributed by atoms with van der Waals surface area (Å²) in [6, 6.07) is 7.88. The summed E-state index contributed by atoms with van der Waals surface area (Å²) in [7, 11) is 2.08. The number of amides is 1. The molecule has 1 amide bonds. The maximum absolute atomic E-state index is 11.1. The molecule has 26 heavy (non-hydrogen) atoms. The molecule has 142 valence electrons. The van der Waals surface area contributed by atoms with Gasteiger partial charge in [0.25, 0.3) is 0 Å². The number of nitrogens with zero attached hydrogens (tertiary/aromatic N) is 3. The molecule has 7 nitrogen and oxygen atoms in total. The molecule has 1 aromatic heterocycles. The Morgan fingerprint density at radius 3 is 2.81 bits per heavy atom. The van der Waals surface area contributed by atoms with Crippen LogP contribution in [-0.4, -0.2) is 47.6 Å². The number of hydrogen-bond acceptors (Lipinski definition) is 7. The number of anilines is 1. The zero-order valence-electron chi connectivity index (χ0n) is 15.1. The predicted octanol–water partition coefficient (Wildman–Crippen LogP) is 2.88. The lowest BCUT2D eigenvalue weighted by Gasteiger charge is -2.30. The van der Waals surface area contributed by atoms with Gasteiger partial charge in [-0.3, -0.25) is 9.69 Å². The fourth-order valence-electron chi connectivity index (χ4n) is 2.72. The van der Waals surface area contributed by atoms with Gasteiger partial charge in [0.2, 0.25) is 11.8 Å². The van der Waals surface area contributed by atoms with Gasteiger partial charge >= 0.3 is 0 Å². The lowest BCUT2D eigenvalue weighted by molar-refractivity contribution is -0.114. The predicted molar refractivity (Wildman–Crippen MR) is 105 cm³/mol. The van der Waals surface area contributed by atoms with E-state index in [1.54, 1.807) is 11.8 Å². The van der Waals surface area contributed by atoms with E-state index in [2.05, 4.69) is 32.7 Å². The Balaban J connectivity index is 0.00000243. The Hall–Kier alpha value is -1.61. The standard InChI is InChI=1S/C17H23N5O2S.ClH/c1-11(25-14-6-4-13(5-7-14)19-12(2)23)17-20-16(21-24-17)15-10-18-8-9-22(15)3;/h4-7,11,15,18H,8-10H2,1-3H3,(H,19,23);1H. The molecular weight excluding hydrogens is 374 g/mol. The number of benzene rings is 1. The Labute approximate surface area is 163 Å². The SMILES string of the molecule is CC(=O)Nc1ccc(SC(C)c2nc(C3CNCCN3C)no2)cc1.Cl. The first-order valence-corrected chi connectivity index (χ1v) is 9.19. The molecule has 1 aliphatic rings.